The third-order valence-electron chi connectivity index (χ3n) is 4.81. The first kappa shape index (κ1) is 18.3. The lowest BCUT2D eigenvalue weighted by Gasteiger charge is -2.25. The fourth-order valence-corrected chi connectivity index (χ4v) is 3.41. The molecule has 1 aliphatic heterocycles. The number of hydrogen-bond donors (Lipinski definition) is 1. The van der Waals surface area contributed by atoms with Crippen LogP contribution in [0, 0.1) is 6.92 Å². The first-order valence-electron chi connectivity index (χ1n) is 9.49. The largest absolute Gasteiger partial charge is 0.376 e. The van der Waals surface area contributed by atoms with Crippen molar-refractivity contribution in [2.24, 2.45) is 0 Å². The fourth-order valence-electron chi connectivity index (χ4n) is 3.41. The van der Waals surface area contributed by atoms with Crippen LogP contribution in [0.25, 0.3) is 10.9 Å². The standard InChI is InChI=1S/C21H23N5O2/c1-15-12-18-19(8-4-9-20(18)25-24-15)23-21(27)26(14-17-7-5-11-28-17)13-16-6-2-3-10-22-16/h2-4,6,8-10,12,17H,5,7,11,13-14H2,1H3,(H,23,27)/t17-/m1/s1. The van der Waals surface area contributed by atoms with Gasteiger partial charge in [-0.2, -0.15) is 10.2 Å². The second-order valence-electron chi connectivity index (χ2n) is 6.99. The number of amides is 2. The van der Waals surface area contributed by atoms with Crippen LogP contribution in [-0.2, 0) is 11.3 Å². The minimum absolute atomic E-state index is 0.0649. The number of pyridine rings is 1. The topological polar surface area (TPSA) is 80.2 Å². The summed E-state index contributed by atoms with van der Waals surface area (Å²) in [6.07, 6.45) is 3.80. The van der Waals surface area contributed by atoms with E-state index in [1.54, 1.807) is 11.1 Å². The molecule has 0 radical (unpaired) electrons. The maximum absolute atomic E-state index is 13.1. The monoisotopic (exact) mass is 377 g/mol. The van der Waals surface area contributed by atoms with E-state index in [9.17, 15) is 4.79 Å². The summed E-state index contributed by atoms with van der Waals surface area (Å²) in [4.78, 5) is 19.3. The minimum Gasteiger partial charge on any atom is -0.376 e. The number of carbonyl (C=O) groups excluding carboxylic acids is 1. The number of aromatic nitrogens is 3. The van der Waals surface area contributed by atoms with Gasteiger partial charge in [-0.1, -0.05) is 12.1 Å². The van der Waals surface area contributed by atoms with Crippen LogP contribution in [0.5, 0.6) is 0 Å². The maximum atomic E-state index is 13.1. The Kier molecular flexibility index (Phi) is 5.43. The molecule has 1 aromatic carbocycles. The Balaban J connectivity index is 1.57. The molecule has 0 saturated carbocycles. The Morgan fingerprint density at radius 1 is 1.25 bits per heavy atom. The summed E-state index contributed by atoms with van der Waals surface area (Å²) in [5.41, 5.74) is 3.12. The fraction of sp³-hybridized carbons (Fsp3) is 0.333. The second-order valence-corrected chi connectivity index (χ2v) is 6.99. The molecule has 0 aliphatic carbocycles. The number of benzene rings is 1. The average molecular weight is 377 g/mol. The van der Waals surface area contributed by atoms with Crippen LogP contribution in [-0.4, -0.2) is 45.4 Å². The SMILES string of the molecule is Cc1cc2c(NC(=O)N(Cc3ccccn3)C[C@H]3CCCO3)cccc2nn1. The highest BCUT2D eigenvalue weighted by Crippen LogP contribution is 2.23. The number of hydrogen-bond acceptors (Lipinski definition) is 5. The number of carbonyl (C=O) groups is 1. The van der Waals surface area contributed by atoms with Gasteiger partial charge in [0.15, 0.2) is 0 Å². The highest BCUT2D eigenvalue weighted by Gasteiger charge is 2.23. The maximum Gasteiger partial charge on any atom is 0.322 e. The quantitative estimate of drug-likeness (QED) is 0.735. The molecule has 3 aromatic rings. The second kappa shape index (κ2) is 8.31. The van der Waals surface area contributed by atoms with Crippen LogP contribution < -0.4 is 5.32 Å². The van der Waals surface area contributed by atoms with Crippen molar-refractivity contribution in [3.8, 4) is 0 Å². The van der Waals surface area contributed by atoms with Crippen LogP contribution in [0.4, 0.5) is 10.5 Å². The van der Waals surface area contributed by atoms with E-state index < -0.39 is 0 Å². The number of ether oxygens (including phenoxy) is 1. The van der Waals surface area contributed by atoms with Crippen molar-refractivity contribution in [2.45, 2.75) is 32.4 Å². The number of anilines is 1. The zero-order chi connectivity index (χ0) is 19.3. The van der Waals surface area contributed by atoms with Gasteiger partial charge in [0.2, 0.25) is 0 Å². The first-order valence-corrected chi connectivity index (χ1v) is 9.49. The van der Waals surface area contributed by atoms with E-state index in [4.69, 9.17) is 4.74 Å². The summed E-state index contributed by atoms with van der Waals surface area (Å²) in [5.74, 6) is 0. The van der Waals surface area contributed by atoms with Crippen molar-refractivity contribution in [3.63, 3.8) is 0 Å². The number of urea groups is 1. The molecule has 28 heavy (non-hydrogen) atoms. The minimum atomic E-state index is -0.178. The van der Waals surface area contributed by atoms with Crippen molar-refractivity contribution in [1.82, 2.24) is 20.1 Å². The predicted octanol–water partition coefficient (Wildman–Crippen LogP) is 3.55. The van der Waals surface area contributed by atoms with Crippen molar-refractivity contribution in [3.05, 3.63) is 60.0 Å². The van der Waals surface area contributed by atoms with Gasteiger partial charge >= 0.3 is 6.03 Å². The lowest BCUT2D eigenvalue weighted by molar-refractivity contribution is 0.0816. The molecule has 0 spiro atoms. The molecule has 1 aliphatic rings. The summed E-state index contributed by atoms with van der Waals surface area (Å²) in [6, 6.07) is 13.1. The molecular weight excluding hydrogens is 354 g/mol. The highest BCUT2D eigenvalue weighted by molar-refractivity contribution is 6.00. The Morgan fingerprint density at radius 2 is 2.18 bits per heavy atom. The molecule has 1 fully saturated rings. The van der Waals surface area contributed by atoms with Gasteiger partial charge in [0.25, 0.3) is 0 Å². The van der Waals surface area contributed by atoms with E-state index in [-0.39, 0.29) is 12.1 Å². The summed E-state index contributed by atoms with van der Waals surface area (Å²) in [7, 11) is 0. The van der Waals surface area contributed by atoms with E-state index in [2.05, 4.69) is 20.5 Å². The van der Waals surface area contributed by atoms with Crippen LogP contribution in [0.1, 0.15) is 24.2 Å². The van der Waals surface area contributed by atoms with Gasteiger partial charge < -0.3 is 15.0 Å². The van der Waals surface area contributed by atoms with Crippen molar-refractivity contribution in [1.29, 1.82) is 0 Å². The van der Waals surface area contributed by atoms with Crippen LogP contribution in [0.2, 0.25) is 0 Å². The molecule has 7 nitrogen and oxygen atoms in total. The summed E-state index contributed by atoms with van der Waals surface area (Å²) < 4.78 is 5.75. The van der Waals surface area contributed by atoms with Gasteiger partial charge in [0.1, 0.15) is 0 Å². The summed E-state index contributed by atoms with van der Waals surface area (Å²) in [6.45, 7) is 3.60. The van der Waals surface area contributed by atoms with E-state index in [1.165, 1.54) is 0 Å². The normalized spacial score (nSPS) is 16.2. The summed E-state index contributed by atoms with van der Waals surface area (Å²) in [5, 5.41) is 12.2. The first-order chi connectivity index (χ1) is 13.7. The average Bonchev–Trinajstić information content (AvgIpc) is 3.22. The van der Waals surface area contributed by atoms with Crippen LogP contribution in [0.15, 0.2) is 48.7 Å². The van der Waals surface area contributed by atoms with Crippen molar-refractivity contribution >= 4 is 22.6 Å². The van der Waals surface area contributed by atoms with Crippen LogP contribution >= 0.6 is 0 Å². The van der Waals surface area contributed by atoms with Gasteiger partial charge in [-0.3, -0.25) is 4.98 Å². The van der Waals surface area contributed by atoms with Gasteiger partial charge in [0.05, 0.1) is 35.2 Å². The molecule has 1 N–H and O–H groups in total. The third-order valence-corrected chi connectivity index (χ3v) is 4.81. The number of aryl methyl sites for hydroxylation is 1. The third kappa shape index (κ3) is 4.26. The number of rotatable bonds is 5. The zero-order valence-electron chi connectivity index (χ0n) is 15.8. The molecule has 1 saturated heterocycles. The Hall–Kier alpha value is -3.06. The van der Waals surface area contributed by atoms with Crippen molar-refractivity contribution < 1.29 is 9.53 Å². The van der Waals surface area contributed by atoms with E-state index in [1.807, 2.05) is 49.4 Å². The lowest BCUT2D eigenvalue weighted by atomic mass is 10.2. The van der Waals surface area contributed by atoms with Gasteiger partial charge in [-0.15, -0.1) is 0 Å². The van der Waals surface area contributed by atoms with Gasteiger partial charge in [-0.05, 0) is 50.1 Å². The van der Waals surface area contributed by atoms with Gasteiger partial charge in [0, 0.05) is 24.7 Å². The number of nitrogens with one attached hydrogen (secondary N) is 1. The Labute approximate surface area is 163 Å². The zero-order valence-corrected chi connectivity index (χ0v) is 15.8. The van der Waals surface area contributed by atoms with Crippen molar-refractivity contribution in [2.75, 3.05) is 18.5 Å². The molecule has 0 bridgehead atoms. The summed E-state index contributed by atoms with van der Waals surface area (Å²) >= 11 is 0. The van der Waals surface area contributed by atoms with Crippen LogP contribution in [0.3, 0.4) is 0 Å². The smallest absolute Gasteiger partial charge is 0.322 e. The Morgan fingerprint density at radius 3 is 2.96 bits per heavy atom. The van der Waals surface area contributed by atoms with E-state index in [0.29, 0.717) is 13.1 Å². The molecule has 2 amide bonds. The van der Waals surface area contributed by atoms with E-state index >= 15 is 0 Å². The molecule has 0 unspecified atom stereocenters. The molecule has 144 valence electrons. The molecule has 7 heteroatoms. The number of fused-ring (bicyclic) bond motifs is 1. The molecule has 2 aromatic heterocycles. The predicted molar refractivity (Wildman–Crippen MR) is 107 cm³/mol. The number of nitrogens with zero attached hydrogens (tertiary/aromatic N) is 4. The molecule has 1 atom stereocenters. The molecule has 4 rings (SSSR count). The molecule has 3 heterocycles. The lowest BCUT2D eigenvalue weighted by Crippen LogP contribution is -2.39. The molecular formula is C21H23N5O2. The Bertz CT molecular complexity index is 957. The highest BCUT2D eigenvalue weighted by atomic mass is 16.5. The van der Waals surface area contributed by atoms with Gasteiger partial charge in [-0.25, -0.2) is 4.79 Å². The van der Waals surface area contributed by atoms with E-state index in [0.717, 1.165) is 47.4 Å².